The largest absolute Gasteiger partial charge is 0.383 e. The van der Waals surface area contributed by atoms with E-state index in [4.69, 9.17) is 4.74 Å². The van der Waals surface area contributed by atoms with Crippen LogP contribution in [0.25, 0.3) is 0 Å². The summed E-state index contributed by atoms with van der Waals surface area (Å²) in [5.74, 6) is 0.188. The van der Waals surface area contributed by atoms with Gasteiger partial charge in [0.25, 0.3) is 0 Å². The van der Waals surface area contributed by atoms with E-state index in [2.05, 4.69) is 21.7 Å². The van der Waals surface area contributed by atoms with Gasteiger partial charge in [-0.15, -0.1) is 0 Å². The Morgan fingerprint density at radius 3 is 2.60 bits per heavy atom. The van der Waals surface area contributed by atoms with E-state index in [1.165, 1.54) is 0 Å². The average Bonchev–Trinajstić information content (AvgIpc) is 2.99. The fraction of sp³-hybridized carbons (Fsp3) is 0.696. The molecule has 7 heteroatoms. The van der Waals surface area contributed by atoms with Gasteiger partial charge in [0.05, 0.1) is 25.8 Å². The van der Waals surface area contributed by atoms with E-state index >= 15 is 0 Å². The van der Waals surface area contributed by atoms with Crippen LogP contribution in [0.4, 0.5) is 0 Å². The third kappa shape index (κ3) is 4.86. The van der Waals surface area contributed by atoms with Gasteiger partial charge in [0.15, 0.2) is 0 Å². The van der Waals surface area contributed by atoms with Crippen molar-refractivity contribution in [3.05, 3.63) is 35.9 Å². The predicted octanol–water partition coefficient (Wildman–Crippen LogP) is 0.445. The number of hydrogen-bond acceptors (Lipinski definition) is 6. The van der Waals surface area contributed by atoms with Crippen LogP contribution in [0.15, 0.2) is 30.3 Å². The number of likely N-dealkylation sites (N-methyl/N-ethyl adjacent to an activating group) is 1. The normalized spacial score (nSPS) is 30.2. The summed E-state index contributed by atoms with van der Waals surface area (Å²) in [4.78, 5) is 22.1. The van der Waals surface area contributed by atoms with Crippen LogP contribution in [0.3, 0.4) is 0 Å². The van der Waals surface area contributed by atoms with Crippen molar-refractivity contribution in [3.63, 3.8) is 0 Å². The Bertz CT molecular complexity index is 697. The van der Waals surface area contributed by atoms with Crippen molar-refractivity contribution in [2.45, 2.75) is 24.5 Å². The zero-order valence-corrected chi connectivity index (χ0v) is 18.2. The molecule has 7 nitrogen and oxygen atoms in total. The fourth-order valence-electron chi connectivity index (χ4n) is 5.07. The molecule has 1 amide bonds. The van der Waals surface area contributed by atoms with Crippen LogP contribution in [0.2, 0.25) is 0 Å². The predicted molar refractivity (Wildman–Crippen MR) is 116 cm³/mol. The number of ether oxygens (including phenoxy) is 1. The number of hydrogen-bond donors (Lipinski definition) is 1. The van der Waals surface area contributed by atoms with Crippen LogP contribution in [0.5, 0.6) is 0 Å². The molecule has 3 aliphatic heterocycles. The summed E-state index contributed by atoms with van der Waals surface area (Å²) in [5.41, 5.74) is 0.00453. The van der Waals surface area contributed by atoms with Gasteiger partial charge in [-0.3, -0.25) is 14.6 Å². The lowest BCUT2D eigenvalue weighted by molar-refractivity contribution is -0.148. The van der Waals surface area contributed by atoms with Crippen molar-refractivity contribution >= 4 is 5.91 Å². The number of carbonyl (C=O) groups excluding carboxylic acids is 1. The highest BCUT2D eigenvalue weighted by atomic mass is 16.5. The Labute approximate surface area is 180 Å². The quantitative estimate of drug-likeness (QED) is 0.769. The zero-order valence-electron chi connectivity index (χ0n) is 18.2. The molecule has 0 unspecified atom stereocenters. The number of piperidine rings is 1. The molecule has 1 N–H and O–H groups in total. The van der Waals surface area contributed by atoms with Gasteiger partial charge in [0, 0.05) is 39.3 Å². The summed E-state index contributed by atoms with van der Waals surface area (Å²) >= 11 is 0. The van der Waals surface area contributed by atoms with E-state index < -0.39 is 5.60 Å². The van der Waals surface area contributed by atoms with Gasteiger partial charge in [-0.1, -0.05) is 30.3 Å². The number of likely N-dealkylation sites (tertiary alicyclic amines) is 1. The monoisotopic (exact) mass is 416 g/mol. The number of aliphatic hydroxyl groups is 1. The van der Waals surface area contributed by atoms with Crippen LogP contribution >= 0.6 is 0 Å². The lowest BCUT2D eigenvalue weighted by atomic mass is 9.79. The topological polar surface area (TPSA) is 59.5 Å². The molecule has 3 heterocycles. The SMILES string of the molecule is CN1CCCN(CC(=O)N2CC[C@](O)(c3ccccc3)[C@H](N3CCOCC3)C2)CC1. The van der Waals surface area contributed by atoms with E-state index in [-0.39, 0.29) is 11.9 Å². The molecule has 166 valence electrons. The van der Waals surface area contributed by atoms with Crippen LogP contribution in [-0.2, 0) is 15.1 Å². The van der Waals surface area contributed by atoms with Crippen molar-refractivity contribution in [1.82, 2.24) is 19.6 Å². The van der Waals surface area contributed by atoms with Gasteiger partial charge >= 0.3 is 0 Å². The highest BCUT2D eigenvalue weighted by Crippen LogP contribution is 2.36. The molecule has 0 spiro atoms. The van der Waals surface area contributed by atoms with E-state index in [1.54, 1.807) is 0 Å². The van der Waals surface area contributed by atoms with Gasteiger partial charge in [0.2, 0.25) is 5.91 Å². The molecule has 4 rings (SSSR count). The second kappa shape index (κ2) is 9.75. The van der Waals surface area contributed by atoms with Crippen molar-refractivity contribution in [2.75, 3.05) is 79.2 Å². The molecular formula is C23H36N4O3. The van der Waals surface area contributed by atoms with Crippen LogP contribution in [-0.4, -0.2) is 116 Å². The molecular weight excluding hydrogens is 380 g/mol. The van der Waals surface area contributed by atoms with E-state index in [0.717, 1.165) is 51.3 Å². The molecule has 2 atom stereocenters. The number of rotatable bonds is 4. The van der Waals surface area contributed by atoms with Gasteiger partial charge in [-0.05, 0) is 38.5 Å². The zero-order chi connectivity index (χ0) is 21.0. The highest BCUT2D eigenvalue weighted by molar-refractivity contribution is 5.78. The first-order valence-corrected chi connectivity index (χ1v) is 11.3. The second-order valence-electron chi connectivity index (χ2n) is 8.98. The Kier molecular flexibility index (Phi) is 7.05. The van der Waals surface area contributed by atoms with E-state index in [0.29, 0.717) is 39.3 Å². The number of carbonyl (C=O) groups is 1. The van der Waals surface area contributed by atoms with Gasteiger partial charge < -0.3 is 19.6 Å². The van der Waals surface area contributed by atoms with Crippen LogP contribution < -0.4 is 0 Å². The molecule has 0 saturated carbocycles. The van der Waals surface area contributed by atoms with Crippen molar-refractivity contribution in [3.8, 4) is 0 Å². The standard InChI is InChI=1S/C23H36N4O3/c1-24-9-5-10-25(13-12-24)19-22(28)27-11-8-23(29,20-6-3-2-4-7-20)21(18-27)26-14-16-30-17-15-26/h2-4,6-7,21,29H,5,8-19H2,1H3/t21-,23+/m1/s1. The minimum absolute atomic E-state index is 0.114. The summed E-state index contributed by atoms with van der Waals surface area (Å²) in [6.45, 7) is 8.61. The van der Waals surface area contributed by atoms with Gasteiger partial charge in [-0.2, -0.15) is 0 Å². The maximum absolute atomic E-state index is 13.2. The maximum atomic E-state index is 13.2. The number of benzene rings is 1. The molecule has 0 radical (unpaired) electrons. The first kappa shape index (κ1) is 21.7. The minimum atomic E-state index is -0.944. The molecule has 0 bridgehead atoms. The third-order valence-corrected chi connectivity index (χ3v) is 6.99. The van der Waals surface area contributed by atoms with Crippen molar-refractivity contribution in [2.24, 2.45) is 0 Å². The summed E-state index contributed by atoms with van der Waals surface area (Å²) < 4.78 is 5.55. The average molecular weight is 417 g/mol. The summed E-state index contributed by atoms with van der Waals surface area (Å²) in [7, 11) is 2.15. The lowest BCUT2D eigenvalue weighted by Crippen LogP contribution is -2.63. The molecule has 1 aromatic rings. The lowest BCUT2D eigenvalue weighted by Gasteiger charge is -2.50. The third-order valence-electron chi connectivity index (χ3n) is 6.99. The molecule has 30 heavy (non-hydrogen) atoms. The fourth-order valence-corrected chi connectivity index (χ4v) is 5.07. The molecule has 1 aromatic carbocycles. The number of nitrogens with zero attached hydrogens (tertiary/aromatic N) is 4. The highest BCUT2D eigenvalue weighted by Gasteiger charge is 2.47. The first-order chi connectivity index (χ1) is 14.6. The van der Waals surface area contributed by atoms with Crippen molar-refractivity contribution in [1.29, 1.82) is 0 Å². The summed E-state index contributed by atoms with van der Waals surface area (Å²) in [6, 6.07) is 9.86. The number of morpholine rings is 1. The van der Waals surface area contributed by atoms with Crippen molar-refractivity contribution < 1.29 is 14.6 Å². The van der Waals surface area contributed by atoms with Crippen LogP contribution in [0, 0.1) is 0 Å². The molecule has 0 aliphatic carbocycles. The summed E-state index contributed by atoms with van der Waals surface area (Å²) in [6.07, 6.45) is 1.67. The Balaban J connectivity index is 1.47. The summed E-state index contributed by atoms with van der Waals surface area (Å²) in [5, 5.41) is 11.8. The van der Waals surface area contributed by atoms with E-state index in [9.17, 15) is 9.90 Å². The number of amides is 1. The Hall–Kier alpha value is -1.51. The van der Waals surface area contributed by atoms with Gasteiger partial charge in [-0.25, -0.2) is 0 Å². The van der Waals surface area contributed by atoms with Gasteiger partial charge in [0.1, 0.15) is 5.60 Å². The molecule has 3 fully saturated rings. The maximum Gasteiger partial charge on any atom is 0.236 e. The second-order valence-corrected chi connectivity index (χ2v) is 8.98. The molecule has 3 saturated heterocycles. The van der Waals surface area contributed by atoms with E-state index in [1.807, 2.05) is 35.2 Å². The Morgan fingerprint density at radius 1 is 1.07 bits per heavy atom. The smallest absolute Gasteiger partial charge is 0.236 e. The first-order valence-electron chi connectivity index (χ1n) is 11.3. The minimum Gasteiger partial charge on any atom is -0.383 e. The van der Waals surface area contributed by atoms with Crippen LogP contribution in [0.1, 0.15) is 18.4 Å². The molecule has 0 aromatic heterocycles. The Morgan fingerprint density at radius 2 is 1.83 bits per heavy atom. The molecule has 3 aliphatic rings.